The van der Waals surface area contributed by atoms with Gasteiger partial charge in [0, 0.05) is 35.1 Å². The lowest BCUT2D eigenvalue weighted by Gasteiger charge is -2.32. The molecular weight excluding hydrogens is 623 g/mol. The number of anilines is 1. The first-order valence-electron chi connectivity index (χ1n) is 18.8. The van der Waals surface area contributed by atoms with Crippen molar-refractivity contribution in [3.8, 4) is 28.6 Å². The number of nitriles is 3. The summed E-state index contributed by atoms with van der Waals surface area (Å²) in [6.45, 7) is 16.0. The van der Waals surface area contributed by atoms with Crippen molar-refractivity contribution < 1.29 is 4.79 Å². The third-order valence-corrected chi connectivity index (χ3v) is 11.3. The zero-order chi connectivity index (χ0) is 35.8. The largest absolute Gasteiger partial charge is 0.371 e. The minimum Gasteiger partial charge on any atom is -0.371 e. The molecular formula is C42H57N5OS. The van der Waals surface area contributed by atoms with Crippen LogP contribution in [0.5, 0.6) is 0 Å². The number of allylic oxidation sites excluding steroid dienone is 2. The third-order valence-electron chi connectivity index (χ3n) is 10.2. The van der Waals surface area contributed by atoms with Crippen LogP contribution in [0.3, 0.4) is 0 Å². The van der Waals surface area contributed by atoms with Gasteiger partial charge < -0.3 is 9.80 Å². The van der Waals surface area contributed by atoms with E-state index in [2.05, 4.69) is 76.8 Å². The molecule has 1 aliphatic heterocycles. The molecule has 262 valence electrons. The zero-order valence-corrected chi connectivity index (χ0v) is 31.7. The van der Waals surface area contributed by atoms with Crippen molar-refractivity contribution in [1.82, 2.24) is 4.90 Å². The fourth-order valence-electron chi connectivity index (χ4n) is 6.88. The number of hydrogen-bond donors (Lipinski definition) is 0. The molecule has 0 fully saturated rings. The monoisotopic (exact) mass is 679 g/mol. The van der Waals surface area contributed by atoms with Crippen LogP contribution in [-0.4, -0.2) is 30.4 Å². The first kappa shape index (κ1) is 39.6. The Balaban J connectivity index is 1.96. The summed E-state index contributed by atoms with van der Waals surface area (Å²) in [6.07, 6.45) is 13.8. The number of amides is 1. The Morgan fingerprint density at radius 3 is 1.71 bits per heavy atom. The molecule has 1 aromatic carbocycles. The SMILES string of the molecule is CCCCC(CC)CN1C(=O)C(c2ccc(-c3ccc(N(CC(CC)CCCC)CC(CC)CCCC)cc3)s2)=C(C#N)C1=C(C#N)C#N. The molecule has 6 nitrogen and oxygen atoms in total. The van der Waals surface area contributed by atoms with Gasteiger partial charge in [-0.15, -0.1) is 11.3 Å². The summed E-state index contributed by atoms with van der Waals surface area (Å²) in [5.41, 5.74) is 2.70. The lowest BCUT2D eigenvalue weighted by atomic mass is 9.95. The predicted molar refractivity (Wildman–Crippen MR) is 204 cm³/mol. The van der Waals surface area contributed by atoms with E-state index in [1.807, 2.05) is 24.3 Å². The molecule has 1 amide bonds. The van der Waals surface area contributed by atoms with Crippen LogP contribution in [0, 0.1) is 51.7 Å². The highest BCUT2D eigenvalue weighted by atomic mass is 32.1. The molecule has 49 heavy (non-hydrogen) atoms. The van der Waals surface area contributed by atoms with Gasteiger partial charge >= 0.3 is 0 Å². The third kappa shape index (κ3) is 10.3. The molecule has 1 aromatic heterocycles. The number of nitrogens with zero attached hydrogens (tertiary/aromatic N) is 5. The van der Waals surface area contributed by atoms with E-state index in [0.717, 1.165) is 49.2 Å². The summed E-state index contributed by atoms with van der Waals surface area (Å²) < 4.78 is 0. The Morgan fingerprint density at radius 2 is 1.24 bits per heavy atom. The first-order valence-corrected chi connectivity index (χ1v) is 19.6. The van der Waals surface area contributed by atoms with E-state index in [0.29, 0.717) is 28.8 Å². The fraction of sp³-hybridized carbons (Fsp3) is 0.571. The van der Waals surface area contributed by atoms with Gasteiger partial charge in [-0.25, -0.2) is 0 Å². The van der Waals surface area contributed by atoms with Crippen molar-refractivity contribution in [2.45, 2.75) is 119 Å². The maximum Gasteiger partial charge on any atom is 0.261 e. The first-order chi connectivity index (χ1) is 23.8. The molecule has 0 N–H and O–H groups in total. The quantitative estimate of drug-likeness (QED) is 0.122. The highest BCUT2D eigenvalue weighted by Crippen LogP contribution is 2.42. The van der Waals surface area contributed by atoms with Crippen molar-refractivity contribution in [1.29, 1.82) is 15.8 Å². The van der Waals surface area contributed by atoms with E-state index < -0.39 is 0 Å². The topological polar surface area (TPSA) is 94.9 Å². The highest BCUT2D eigenvalue weighted by molar-refractivity contribution is 7.17. The van der Waals surface area contributed by atoms with E-state index in [1.165, 1.54) is 73.3 Å². The lowest BCUT2D eigenvalue weighted by Crippen LogP contribution is -2.34. The van der Waals surface area contributed by atoms with Gasteiger partial charge in [0.15, 0.2) is 5.57 Å². The Labute approximate surface area is 300 Å². The van der Waals surface area contributed by atoms with Crippen LogP contribution in [0.2, 0.25) is 0 Å². The smallest absolute Gasteiger partial charge is 0.261 e. The Kier molecular flexibility index (Phi) is 16.6. The molecule has 3 atom stereocenters. The van der Waals surface area contributed by atoms with E-state index in [9.17, 15) is 20.6 Å². The second kappa shape index (κ2) is 20.6. The number of unbranched alkanes of at least 4 members (excludes halogenated alkanes) is 3. The second-order valence-corrected chi connectivity index (χ2v) is 14.7. The van der Waals surface area contributed by atoms with E-state index in [-0.39, 0.29) is 28.7 Å². The lowest BCUT2D eigenvalue weighted by molar-refractivity contribution is -0.122. The number of benzene rings is 1. The van der Waals surface area contributed by atoms with E-state index in [4.69, 9.17) is 0 Å². The molecule has 7 heteroatoms. The molecule has 0 radical (unpaired) electrons. The van der Waals surface area contributed by atoms with Crippen molar-refractivity contribution in [2.24, 2.45) is 17.8 Å². The summed E-state index contributed by atoms with van der Waals surface area (Å²) in [4.78, 5) is 19.9. The molecule has 0 saturated carbocycles. The molecule has 3 rings (SSSR count). The molecule has 0 saturated heterocycles. The number of rotatable bonds is 21. The van der Waals surface area contributed by atoms with Gasteiger partial charge in [-0.2, -0.15) is 15.8 Å². The molecule has 0 spiro atoms. The molecule has 0 aliphatic carbocycles. The molecule has 2 aromatic rings. The van der Waals surface area contributed by atoms with Crippen molar-refractivity contribution in [3.05, 3.63) is 58.1 Å². The summed E-state index contributed by atoms with van der Waals surface area (Å²) >= 11 is 1.48. The van der Waals surface area contributed by atoms with Gasteiger partial charge in [-0.05, 0) is 66.8 Å². The Morgan fingerprint density at radius 1 is 0.735 bits per heavy atom. The predicted octanol–water partition coefficient (Wildman–Crippen LogP) is 11.3. The highest BCUT2D eigenvalue weighted by Gasteiger charge is 2.39. The molecule has 3 unspecified atom stereocenters. The summed E-state index contributed by atoms with van der Waals surface area (Å²) in [5.74, 6) is 1.27. The van der Waals surface area contributed by atoms with Crippen LogP contribution in [0.25, 0.3) is 16.0 Å². The van der Waals surface area contributed by atoms with Crippen molar-refractivity contribution >= 4 is 28.5 Å². The van der Waals surface area contributed by atoms with Crippen LogP contribution >= 0.6 is 11.3 Å². The maximum atomic E-state index is 14.0. The summed E-state index contributed by atoms with van der Waals surface area (Å²) in [6, 6.07) is 18.8. The average Bonchev–Trinajstić information content (AvgIpc) is 3.72. The van der Waals surface area contributed by atoms with Crippen LogP contribution in [0.15, 0.2) is 53.2 Å². The van der Waals surface area contributed by atoms with Crippen molar-refractivity contribution in [2.75, 3.05) is 24.5 Å². The normalized spacial score (nSPS) is 14.7. The van der Waals surface area contributed by atoms with Crippen LogP contribution in [0.4, 0.5) is 5.69 Å². The standard InChI is InChI=1S/C42H57N5OS/c1-7-13-16-31(10-4)28-46(29-32(11-5)17-14-8-2)36-21-19-34(20-22-36)38-23-24-39(49-38)40-37(27-45)41(35(25-43)26-44)47(42(40)48)30-33(12-6)18-15-9-3/h19-24,31-33H,7-18,28-30H2,1-6H3. The van der Waals surface area contributed by atoms with E-state index >= 15 is 0 Å². The maximum absolute atomic E-state index is 14.0. The van der Waals surface area contributed by atoms with Crippen LogP contribution in [-0.2, 0) is 4.79 Å². The fourth-order valence-corrected chi connectivity index (χ4v) is 7.94. The van der Waals surface area contributed by atoms with E-state index in [1.54, 1.807) is 0 Å². The van der Waals surface area contributed by atoms with Gasteiger partial charge in [0.05, 0.1) is 16.8 Å². The zero-order valence-electron chi connectivity index (χ0n) is 30.9. The Hall–Kier alpha value is -3.86. The molecule has 0 bridgehead atoms. The average molecular weight is 680 g/mol. The van der Waals surface area contributed by atoms with Gasteiger partial charge in [-0.3, -0.25) is 4.79 Å². The molecule has 1 aliphatic rings. The van der Waals surface area contributed by atoms with Crippen molar-refractivity contribution in [3.63, 3.8) is 0 Å². The number of thiophene rings is 1. The number of carbonyl (C=O) groups is 1. The van der Waals surface area contributed by atoms with Gasteiger partial charge in [0.25, 0.3) is 5.91 Å². The Bertz CT molecular complexity index is 1510. The molecule has 2 heterocycles. The minimum absolute atomic E-state index is 0.120. The van der Waals surface area contributed by atoms with Gasteiger partial charge in [-0.1, -0.05) is 111 Å². The van der Waals surface area contributed by atoms with Crippen LogP contribution < -0.4 is 4.90 Å². The second-order valence-electron chi connectivity index (χ2n) is 13.6. The summed E-state index contributed by atoms with van der Waals surface area (Å²) in [7, 11) is 0. The van der Waals surface area contributed by atoms with Gasteiger partial charge in [0.2, 0.25) is 0 Å². The number of carbonyl (C=O) groups excluding carboxylic acids is 1. The van der Waals surface area contributed by atoms with Crippen LogP contribution in [0.1, 0.15) is 123 Å². The number of hydrogen-bond acceptors (Lipinski definition) is 6. The van der Waals surface area contributed by atoms with Gasteiger partial charge in [0.1, 0.15) is 18.2 Å². The summed E-state index contributed by atoms with van der Waals surface area (Å²) in [5, 5.41) is 29.9. The minimum atomic E-state index is -0.300.